The van der Waals surface area contributed by atoms with Crippen LogP contribution in [0.4, 0.5) is 0 Å². The number of benzene rings is 2. The van der Waals surface area contributed by atoms with Gasteiger partial charge in [0.1, 0.15) is 10.8 Å². The molecule has 0 saturated carbocycles. The van der Waals surface area contributed by atoms with Crippen LogP contribution in [0.15, 0.2) is 36.4 Å². The summed E-state index contributed by atoms with van der Waals surface area (Å²) in [6.45, 7) is 1.95. The van der Waals surface area contributed by atoms with Crippen molar-refractivity contribution >= 4 is 22.1 Å². The third-order valence-electron chi connectivity index (χ3n) is 3.93. The second kappa shape index (κ2) is 5.13. The van der Waals surface area contributed by atoms with E-state index < -0.39 is 0 Å². The molecule has 1 aliphatic heterocycles. The topological polar surface area (TPSA) is 34.1 Å². The van der Waals surface area contributed by atoms with Gasteiger partial charge in [-0.1, -0.05) is 30.3 Å². The first-order valence-electron chi connectivity index (χ1n) is 7.12. The van der Waals surface area contributed by atoms with E-state index in [1.54, 1.807) is 18.4 Å². The normalized spacial score (nSPS) is 14.1. The Balaban J connectivity index is 1.98. The van der Waals surface area contributed by atoms with Gasteiger partial charge in [-0.05, 0) is 16.8 Å². The van der Waals surface area contributed by atoms with Crippen LogP contribution in [0.2, 0.25) is 0 Å². The number of methoxy groups -OCH3 is 1. The largest absolute Gasteiger partial charge is 0.496 e. The molecule has 1 N–H and O–H groups in total. The number of nitrogens with one attached hydrogen (secondary N) is 1. The van der Waals surface area contributed by atoms with Crippen molar-refractivity contribution in [3.05, 3.63) is 47.0 Å². The second-order valence-electron chi connectivity index (χ2n) is 5.18. The standard InChI is InChI=1S/C17H16N2OS/c1-20-14-7-6-11-4-2-3-5-12(11)16(14)17-19-13-8-9-18-10-15(13)21-17/h2-7,18H,8-10H2,1H3. The van der Waals surface area contributed by atoms with Crippen LogP contribution >= 0.6 is 11.3 Å². The van der Waals surface area contributed by atoms with Crippen molar-refractivity contribution in [2.24, 2.45) is 0 Å². The van der Waals surface area contributed by atoms with Gasteiger partial charge in [0.15, 0.2) is 0 Å². The number of thiazole rings is 1. The van der Waals surface area contributed by atoms with E-state index >= 15 is 0 Å². The quantitative estimate of drug-likeness (QED) is 0.784. The highest BCUT2D eigenvalue weighted by atomic mass is 32.1. The van der Waals surface area contributed by atoms with E-state index in [4.69, 9.17) is 9.72 Å². The van der Waals surface area contributed by atoms with Gasteiger partial charge in [0.2, 0.25) is 0 Å². The van der Waals surface area contributed by atoms with E-state index in [-0.39, 0.29) is 0 Å². The molecule has 3 aromatic rings. The van der Waals surface area contributed by atoms with E-state index in [0.29, 0.717) is 0 Å². The van der Waals surface area contributed by atoms with Crippen molar-refractivity contribution in [1.29, 1.82) is 0 Å². The highest BCUT2D eigenvalue weighted by molar-refractivity contribution is 7.15. The molecule has 1 aromatic heterocycles. The minimum Gasteiger partial charge on any atom is -0.496 e. The number of rotatable bonds is 2. The van der Waals surface area contributed by atoms with Crippen LogP contribution in [-0.4, -0.2) is 18.6 Å². The van der Waals surface area contributed by atoms with Crippen LogP contribution in [0.25, 0.3) is 21.3 Å². The summed E-state index contributed by atoms with van der Waals surface area (Å²) in [5.74, 6) is 0.896. The maximum Gasteiger partial charge on any atom is 0.129 e. The summed E-state index contributed by atoms with van der Waals surface area (Å²) < 4.78 is 5.59. The lowest BCUT2D eigenvalue weighted by molar-refractivity contribution is 0.417. The summed E-state index contributed by atoms with van der Waals surface area (Å²) in [6.07, 6.45) is 1.01. The van der Waals surface area contributed by atoms with Crippen LogP contribution in [-0.2, 0) is 13.0 Å². The van der Waals surface area contributed by atoms with Gasteiger partial charge in [-0.15, -0.1) is 11.3 Å². The third-order valence-corrected chi connectivity index (χ3v) is 5.04. The van der Waals surface area contributed by atoms with Crippen LogP contribution in [0.1, 0.15) is 10.6 Å². The Morgan fingerprint density at radius 2 is 2.10 bits per heavy atom. The Bertz CT molecular complexity index is 786. The molecule has 4 heteroatoms. The minimum absolute atomic E-state index is 0.896. The van der Waals surface area contributed by atoms with E-state index in [0.717, 1.165) is 35.8 Å². The molecule has 106 valence electrons. The average Bonchev–Trinajstić information content (AvgIpc) is 2.97. The molecule has 0 aliphatic carbocycles. The fourth-order valence-electron chi connectivity index (χ4n) is 2.87. The van der Waals surface area contributed by atoms with Gasteiger partial charge in [-0.2, -0.15) is 0 Å². The molecule has 0 saturated heterocycles. The molecule has 2 heterocycles. The molecule has 0 spiro atoms. The van der Waals surface area contributed by atoms with Gasteiger partial charge in [-0.3, -0.25) is 0 Å². The number of ether oxygens (including phenoxy) is 1. The van der Waals surface area contributed by atoms with Crippen molar-refractivity contribution < 1.29 is 4.74 Å². The summed E-state index contributed by atoms with van der Waals surface area (Å²) >= 11 is 1.78. The number of hydrogen-bond donors (Lipinski definition) is 1. The molecule has 3 nitrogen and oxygen atoms in total. The Kier molecular flexibility index (Phi) is 3.13. The lowest BCUT2D eigenvalue weighted by Crippen LogP contribution is -2.22. The first-order chi connectivity index (χ1) is 10.4. The average molecular weight is 296 g/mol. The highest BCUT2D eigenvalue weighted by Gasteiger charge is 2.19. The zero-order chi connectivity index (χ0) is 14.2. The maximum atomic E-state index is 5.59. The van der Waals surface area contributed by atoms with E-state index in [1.165, 1.54) is 21.3 Å². The van der Waals surface area contributed by atoms with Gasteiger partial charge in [-0.25, -0.2) is 4.98 Å². The van der Waals surface area contributed by atoms with Crippen molar-refractivity contribution in [2.75, 3.05) is 13.7 Å². The summed E-state index contributed by atoms with van der Waals surface area (Å²) in [4.78, 5) is 6.23. The monoisotopic (exact) mass is 296 g/mol. The van der Waals surface area contributed by atoms with Crippen molar-refractivity contribution in [2.45, 2.75) is 13.0 Å². The predicted octanol–water partition coefficient (Wildman–Crippen LogP) is 3.62. The maximum absolute atomic E-state index is 5.59. The number of nitrogens with zero attached hydrogens (tertiary/aromatic N) is 1. The van der Waals surface area contributed by atoms with Crippen LogP contribution < -0.4 is 10.1 Å². The molecule has 2 aromatic carbocycles. The Hall–Kier alpha value is -1.91. The zero-order valence-electron chi connectivity index (χ0n) is 11.8. The Morgan fingerprint density at radius 3 is 2.95 bits per heavy atom. The fourth-order valence-corrected chi connectivity index (χ4v) is 4.02. The lowest BCUT2D eigenvalue weighted by Gasteiger charge is -2.09. The molecular weight excluding hydrogens is 280 g/mol. The first kappa shape index (κ1) is 12.8. The van der Waals surface area contributed by atoms with Gasteiger partial charge < -0.3 is 10.1 Å². The third kappa shape index (κ3) is 2.11. The van der Waals surface area contributed by atoms with Crippen molar-refractivity contribution in [3.63, 3.8) is 0 Å². The smallest absolute Gasteiger partial charge is 0.129 e. The van der Waals surface area contributed by atoms with Crippen LogP contribution in [0, 0.1) is 0 Å². The second-order valence-corrected chi connectivity index (χ2v) is 6.26. The fraction of sp³-hybridized carbons (Fsp3) is 0.235. The SMILES string of the molecule is COc1ccc2ccccc2c1-c1nc2c(s1)CNCC2. The van der Waals surface area contributed by atoms with Crippen molar-refractivity contribution in [3.8, 4) is 16.3 Å². The summed E-state index contributed by atoms with van der Waals surface area (Å²) in [6, 6.07) is 12.6. The van der Waals surface area contributed by atoms with E-state index in [1.807, 2.05) is 6.07 Å². The summed E-state index contributed by atoms with van der Waals surface area (Å²) in [5.41, 5.74) is 2.36. The molecule has 0 unspecified atom stereocenters. The zero-order valence-corrected chi connectivity index (χ0v) is 12.7. The van der Waals surface area contributed by atoms with Crippen LogP contribution in [0.5, 0.6) is 5.75 Å². The molecule has 0 bridgehead atoms. The molecular formula is C17H16N2OS. The lowest BCUT2D eigenvalue weighted by atomic mass is 10.0. The highest BCUT2D eigenvalue weighted by Crippen LogP contribution is 2.40. The minimum atomic E-state index is 0.896. The van der Waals surface area contributed by atoms with Crippen molar-refractivity contribution in [1.82, 2.24) is 10.3 Å². The predicted molar refractivity (Wildman–Crippen MR) is 87.0 cm³/mol. The molecule has 1 aliphatic rings. The van der Waals surface area contributed by atoms with Crippen LogP contribution in [0.3, 0.4) is 0 Å². The van der Waals surface area contributed by atoms with Gasteiger partial charge in [0, 0.05) is 24.4 Å². The molecule has 0 atom stereocenters. The molecule has 21 heavy (non-hydrogen) atoms. The van der Waals surface area contributed by atoms with Gasteiger partial charge >= 0.3 is 0 Å². The molecule has 0 amide bonds. The number of fused-ring (bicyclic) bond motifs is 2. The molecule has 0 fully saturated rings. The number of hydrogen-bond acceptors (Lipinski definition) is 4. The molecule has 4 rings (SSSR count). The molecule has 0 radical (unpaired) electrons. The first-order valence-corrected chi connectivity index (χ1v) is 7.94. The van der Waals surface area contributed by atoms with E-state index in [9.17, 15) is 0 Å². The van der Waals surface area contributed by atoms with E-state index in [2.05, 4.69) is 35.6 Å². The van der Waals surface area contributed by atoms with Gasteiger partial charge in [0.25, 0.3) is 0 Å². The Morgan fingerprint density at radius 1 is 1.19 bits per heavy atom. The van der Waals surface area contributed by atoms with Gasteiger partial charge in [0.05, 0.1) is 18.4 Å². The summed E-state index contributed by atoms with van der Waals surface area (Å²) in [5, 5.41) is 6.90. The summed E-state index contributed by atoms with van der Waals surface area (Å²) in [7, 11) is 1.72. The Labute approximate surface area is 127 Å². The number of aromatic nitrogens is 1.